The standard InChI is InChI=1S/C22H23N3O5/c1-13(26)24-17-7-6-14(22-23-8-9-25(22)2)10-16(17)20(27)15-11-18(28-3)21(30-5)19(12-15)29-4/h6-12H,1-5H3,(H,24,26). The van der Waals surface area contributed by atoms with Crippen LogP contribution in [0.3, 0.4) is 0 Å². The van der Waals surface area contributed by atoms with Gasteiger partial charge in [-0.3, -0.25) is 9.59 Å². The molecule has 0 radical (unpaired) electrons. The van der Waals surface area contributed by atoms with Crippen LogP contribution >= 0.6 is 0 Å². The molecule has 0 unspecified atom stereocenters. The number of nitrogens with zero attached hydrogens (tertiary/aromatic N) is 2. The average Bonchev–Trinajstić information content (AvgIpc) is 3.17. The third-order valence-electron chi connectivity index (χ3n) is 4.58. The summed E-state index contributed by atoms with van der Waals surface area (Å²) in [5.41, 5.74) is 1.79. The fraction of sp³-hybridized carbons (Fsp3) is 0.227. The van der Waals surface area contributed by atoms with Crippen molar-refractivity contribution >= 4 is 17.4 Å². The molecule has 156 valence electrons. The van der Waals surface area contributed by atoms with Crippen LogP contribution in [0.4, 0.5) is 5.69 Å². The van der Waals surface area contributed by atoms with Crippen LogP contribution < -0.4 is 19.5 Å². The Morgan fingerprint density at radius 3 is 2.17 bits per heavy atom. The molecule has 8 nitrogen and oxygen atoms in total. The predicted molar refractivity (Wildman–Crippen MR) is 112 cm³/mol. The van der Waals surface area contributed by atoms with Crippen molar-refractivity contribution in [3.8, 4) is 28.6 Å². The highest BCUT2D eigenvalue weighted by Gasteiger charge is 2.21. The predicted octanol–water partition coefficient (Wildman–Crippen LogP) is 3.30. The number of carbonyl (C=O) groups excluding carboxylic acids is 2. The summed E-state index contributed by atoms with van der Waals surface area (Å²) in [4.78, 5) is 29.5. The van der Waals surface area contributed by atoms with E-state index in [0.717, 1.165) is 5.56 Å². The number of aromatic nitrogens is 2. The van der Waals surface area contributed by atoms with Gasteiger partial charge in [-0.25, -0.2) is 4.98 Å². The van der Waals surface area contributed by atoms with Crippen molar-refractivity contribution in [1.29, 1.82) is 0 Å². The minimum atomic E-state index is -0.311. The number of nitrogens with one attached hydrogen (secondary N) is 1. The molecule has 8 heteroatoms. The van der Waals surface area contributed by atoms with Crippen molar-refractivity contribution in [1.82, 2.24) is 9.55 Å². The van der Waals surface area contributed by atoms with Gasteiger partial charge in [0.25, 0.3) is 0 Å². The first-order chi connectivity index (χ1) is 14.4. The van der Waals surface area contributed by atoms with Crippen LogP contribution in [0.15, 0.2) is 42.7 Å². The zero-order chi connectivity index (χ0) is 21.8. The lowest BCUT2D eigenvalue weighted by atomic mass is 9.98. The Bertz CT molecular complexity index is 1080. The quantitative estimate of drug-likeness (QED) is 0.602. The van der Waals surface area contributed by atoms with Gasteiger partial charge in [0.2, 0.25) is 11.7 Å². The van der Waals surface area contributed by atoms with Crippen molar-refractivity contribution in [2.45, 2.75) is 6.92 Å². The van der Waals surface area contributed by atoms with Crippen LogP contribution in [-0.4, -0.2) is 42.6 Å². The van der Waals surface area contributed by atoms with Gasteiger partial charge in [0.05, 0.1) is 27.0 Å². The monoisotopic (exact) mass is 409 g/mol. The third-order valence-corrected chi connectivity index (χ3v) is 4.58. The summed E-state index contributed by atoms with van der Waals surface area (Å²) >= 11 is 0. The van der Waals surface area contributed by atoms with Gasteiger partial charge < -0.3 is 24.1 Å². The van der Waals surface area contributed by atoms with Crippen LogP contribution in [0.1, 0.15) is 22.8 Å². The first-order valence-electron chi connectivity index (χ1n) is 9.13. The van der Waals surface area contributed by atoms with E-state index in [0.29, 0.717) is 39.9 Å². The zero-order valence-corrected chi connectivity index (χ0v) is 17.5. The number of anilines is 1. The minimum absolute atomic E-state index is 0.279. The van der Waals surface area contributed by atoms with Crippen molar-refractivity contribution in [3.05, 3.63) is 53.9 Å². The van der Waals surface area contributed by atoms with Crippen LogP contribution in [0.5, 0.6) is 17.2 Å². The van der Waals surface area contributed by atoms with E-state index in [2.05, 4.69) is 10.3 Å². The van der Waals surface area contributed by atoms with Gasteiger partial charge in [-0.1, -0.05) is 0 Å². The second-order valence-corrected chi connectivity index (χ2v) is 6.55. The SMILES string of the molecule is COc1cc(C(=O)c2cc(-c3nccn3C)ccc2NC(C)=O)cc(OC)c1OC. The number of ketones is 1. The number of rotatable bonds is 7. The molecular formula is C22H23N3O5. The van der Waals surface area contributed by atoms with E-state index in [4.69, 9.17) is 14.2 Å². The number of aryl methyl sites for hydroxylation is 1. The second-order valence-electron chi connectivity index (χ2n) is 6.55. The molecule has 0 atom stereocenters. The molecule has 2 aromatic carbocycles. The van der Waals surface area contributed by atoms with E-state index in [1.54, 1.807) is 36.5 Å². The minimum Gasteiger partial charge on any atom is -0.493 e. The Morgan fingerprint density at radius 1 is 1.00 bits per heavy atom. The van der Waals surface area contributed by atoms with Crippen molar-refractivity contribution in [2.24, 2.45) is 7.05 Å². The van der Waals surface area contributed by atoms with Crippen LogP contribution in [0.2, 0.25) is 0 Å². The fourth-order valence-corrected chi connectivity index (χ4v) is 3.18. The second kappa shape index (κ2) is 8.69. The number of amides is 1. The summed E-state index contributed by atoms with van der Waals surface area (Å²) in [7, 11) is 6.32. The van der Waals surface area contributed by atoms with Gasteiger partial charge in [-0.05, 0) is 30.3 Å². The molecule has 0 aliphatic carbocycles. The number of ether oxygens (including phenoxy) is 3. The summed E-state index contributed by atoms with van der Waals surface area (Å²) in [6, 6.07) is 8.36. The Balaban J connectivity index is 2.16. The number of methoxy groups -OCH3 is 3. The number of hydrogen-bond donors (Lipinski definition) is 1. The summed E-state index contributed by atoms with van der Waals surface area (Å²) in [5, 5.41) is 2.72. The maximum absolute atomic E-state index is 13.5. The molecule has 0 spiro atoms. The van der Waals surface area contributed by atoms with E-state index >= 15 is 0 Å². The molecule has 0 aliphatic heterocycles. The van der Waals surface area contributed by atoms with E-state index in [1.807, 2.05) is 17.8 Å². The molecule has 1 heterocycles. The number of carbonyl (C=O) groups is 2. The van der Waals surface area contributed by atoms with Crippen LogP contribution in [0.25, 0.3) is 11.4 Å². The lowest BCUT2D eigenvalue weighted by Crippen LogP contribution is -2.12. The average molecular weight is 409 g/mol. The first-order valence-corrected chi connectivity index (χ1v) is 9.13. The molecule has 30 heavy (non-hydrogen) atoms. The summed E-state index contributed by atoms with van der Waals surface area (Å²) in [5.74, 6) is 1.22. The maximum Gasteiger partial charge on any atom is 0.221 e. The Labute approximate surface area is 174 Å². The van der Waals surface area contributed by atoms with Gasteiger partial charge in [-0.15, -0.1) is 0 Å². The Morgan fingerprint density at radius 2 is 1.67 bits per heavy atom. The van der Waals surface area contributed by atoms with Gasteiger partial charge in [0.15, 0.2) is 17.3 Å². The van der Waals surface area contributed by atoms with E-state index < -0.39 is 0 Å². The summed E-state index contributed by atoms with van der Waals surface area (Å²) < 4.78 is 17.9. The molecule has 0 saturated heterocycles. The molecule has 3 aromatic rings. The Kier molecular flexibility index (Phi) is 6.06. The molecule has 1 amide bonds. The number of imidazole rings is 1. The van der Waals surface area contributed by atoms with E-state index in [-0.39, 0.29) is 11.7 Å². The van der Waals surface area contributed by atoms with E-state index in [1.165, 1.54) is 28.3 Å². The summed E-state index contributed by atoms with van der Waals surface area (Å²) in [6.45, 7) is 1.39. The molecule has 0 aliphatic rings. The maximum atomic E-state index is 13.5. The lowest BCUT2D eigenvalue weighted by molar-refractivity contribution is -0.114. The molecule has 1 N–H and O–H groups in total. The highest BCUT2D eigenvalue weighted by Crippen LogP contribution is 2.39. The fourth-order valence-electron chi connectivity index (χ4n) is 3.18. The largest absolute Gasteiger partial charge is 0.493 e. The number of hydrogen-bond acceptors (Lipinski definition) is 6. The normalized spacial score (nSPS) is 10.4. The Hall–Kier alpha value is -3.81. The smallest absolute Gasteiger partial charge is 0.221 e. The third kappa shape index (κ3) is 3.98. The molecular weight excluding hydrogens is 386 g/mol. The van der Waals surface area contributed by atoms with Crippen molar-refractivity contribution in [3.63, 3.8) is 0 Å². The van der Waals surface area contributed by atoms with Crippen LogP contribution in [0, 0.1) is 0 Å². The highest BCUT2D eigenvalue weighted by molar-refractivity contribution is 6.14. The number of benzene rings is 2. The van der Waals surface area contributed by atoms with Gasteiger partial charge in [-0.2, -0.15) is 0 Å². The summed E-state index contributed by atoms with van der Waals surface area (Å²) in [6.07, 6.45) is 3.50. The van der Waals surface area contributed by atoms with Crippen molar-refractivity contribution in [2.75, 3.05) is 26.6 Å². The molecule has 0 fully saturated rings. The lowest BCUT2D eigenvalue weighted by Gasteiger charge is -2.15. The highest BCUT2D eigenvalue weighted by atomic mass is 16.5. The molecule has 1 aromatic heterocycles. The van der Waals surface area contributed by atoms with Crippen molar-refractivity contribution < 1.29 is 23.8 Å². The van der Waals surface area contributed by atoms with Gasteiger partial charge in [0, 0.05) is 43.1 Å². The van der Waals surface area contributed by atoms with Gasteiger partial charge >= 0.3 is 0 Å². The topological polar surface area (TPSA) is 91.7 Å². The molecule has 0 saturated carbocycles. The van der Waals surface area contributed by atoms with Gasteiger partial charge in [0.1, 0.15) is 5.82 Å². The first kappa shape index (κ1) is 20.9. The molecule has 3 rings (SSSR count). The zero-order valence-electron chi connectivity index (χ0n) is 17.5. The van der Waals surface area contributed by atoms with Crippen LogP contribution in [-0.2, 0) is 11.8 Å². The van der Waals surface area contributed by atoms with E-state index in [9.17, 15) is 9.59 Å². The molecule has 0 bridgehead atoms.